The van der Waals surface area contributed by atoms with Crippen LogP contribution in [0.1, 0.15) is 38.7 Å². The third-order valence-electron chi connectivity index (χ3n) is 7.74. The van der Waals surface area contributed by atoms with Crippen LogP contribution in [0.5, 0.6) is 5.75 Å². The maximum absolute atomic E-state index is 5.53. The molecule has 1 saturated heterocycles. The molecule has 1 aliphatic carbocycles. The van der Waals surface area contributed by atoms with E-state index in [0.29, 0.717) is 23.9 Å². The van der Waals surface area contributed by atoms with Gasteiger partial charge >= 0.3 is 0 Å². The summed E-state index contributed by atoms with van der Waals surface area (Å²) in [6.45, 7) is 8.73. The number of piperidine rings is 1. The Kier molecular flexibility index (Phi) is 3.83. The minimum Gasteiger partial charge on any atom is -0.497 e. The minimum atomic E-state index is 0.630. The largest absolute Gasteiger partial charge is 0.497 e. The molecule has 132 valence electrons. The number of nitrogens with zero attached hydrogens (tertiary/aromatic N) is 2. The summed E-state index contributed by atoms with van der Waals surface area (Å²) in [4.78, 5) is 5.15. The van der Waals surface area contributed by atoms with E-state index >= 15 is 0 Å². The fourth-order valence-corrected chi connectivity index (χ4v) is 6.44. The second kappa shape index (κ2) is 5.66. The first kappa shape index (κ1) is 16.3. The van der Waals surface area contributed by atoms with Crippen LogP contribution in [0, 0.1) is 23.7 Å². The monoisotopic (exact) mass is 328 g/mol. The van der Waals surface area contributed by atoms with Gasteiger partial charge in [-0.1, -0.05) is 13.8 Å². The molecule has 4 rings (SSSR count). The Hall–Kier alpha value is -1.22. The molecule has 24 heavy (non-hydrogen) atoms. The molecule has 2 fully saturated rings. The highest BCUT2D eigenvalue weighted by Gasteiger charge is 2.55. The molecule has 0 bridgehead atoms. The van der Waals surface area contributed by atoms with E-state index in [2.05, 4.69) is 62.9 Å². The van der Waals surface area contributed by atoms with E-state index in [9.17, 15) is 0 Å². The van der Waals surface area contributed by atoms with Crippen LogP contribution in [-0.2, 0) is 0 Å². The summed E-state index contributed by atoms with van der Waals surface area (Å²) in [6, 6.07) is 8.01. The Bertz CT molecular complexity index is 630. The molecule has 0 N–H and O–H groups in total. The molecular weight excluding hydrogens is 296 g/mol. The van der Waals surface area contributed by atoms with Crippen molar-refractivity contribution < 1.29 is 4.74 Å². The van der Waals surface area contributed by atoms with Crippen LogP contribution < -0.4 is 9.64 Å². The van der Waals surface area contributed by atoms with Crippen LogP contribution in [0.4, 0.5) is 5.69 Å². The third-order valence-corrected chi connectivity index (χ3v) is 7.74. The number of anilines is 1. The lowest BCUT2D eigenvalue weighted by atomic mass is 9.56. The summed E-state index contributed by atoms with van der Waals surface area (Å²) in [7, 11) is 6.39. The average Bonchev–Trinajstić information content (AvgIpc) is 2.88. The maximum Gasteiger partial charge on any atom is 0.119 e. The lowest BCUT2D eigenvalue weighted by Gasteiger charge is -2.56. The lowest BCUT2D eigenvalue weighted by Crippen LogP contribution is -2.58. The number of methoxy groups -OCH3 is 1. The number of hydrogen-bond acceptors (Lipinski definition) is 3. The van der Waals surface area contributed by atoms with Gasteiger partial charge in [0.15, 0.2) is 0 Å². The van der Waals surface area contributed by atoms with Crippen molar-refractivity contribution >= 4 is 5.69 Å². The minimum absolute atomic E-state index is 0.630. The highest BCUT2D eigenvalue weighted by molar-refractivity contribution is 5.64. The number of likely N-dealkylation sites (tertiary alicyclic amines) is 1. The molecule has 1 saturated carbocycles. The maximum atomic E-state index is 5.53. The van der Waals surface area contributed by atoms with Crippen LogP contribution in [0.15, 0.2) is 18.2 Å². The molecule has 2 aliphatic heterocycles. The van der Waals surface area contributed by atoms with Gasteiger partial charge in [0.1, 0.15) is 5.75 Å². The van der Waals surface area contributed by atoms with Crippen LogP contribution in [0.2, 0.25) is 0 Å². The van der Waals surface area contributed by atoms with Gasteiger partial charge in [0.25, 0.3) is 0 Å². The molecule has 0 amide bonds. The fourth-order valence-electron chi connectivity index (χ4n) is 6.44. The van der Waals surface area contributed by atoms with Gasteiger partial charge in [0.2, 0.25) is 0 Å². The van der Waals surface area contributed by atoms with Crippen LogP contribution in [-0.4, -0.2) is 44.7 Å². The molecule has 3 heteroatoms. The molecule has 7 unspecified atom stereocenters. The topological polar surface area (TPSA) is 15.7 Å². The van der Waals surface area contributed by atoms with E-state index in [-0.39, 0.29) is 0 Å². The van der Waals surface area contributed by atoms with E-state index in [0.717, 1.165) is 23.5 Å². The highest BCUT2D eigenvalue weighted by Crippen LogP contribution is 2.58. The molecule has 1 aromatic carbocycles. The van der Waals surface area contributed by atoms with Crippen molar-refractivity contribution in [2.75, 3.05) is 32.6 Å². The first-order valence-corrected chi connectivity index (χ1v) is 9.56. The Labute approximate surface area is 147 Å². The zero-order valence-electron chi connectivity index (χ0n) is 16.0. The van der Waals surface area contributed by atoms with Gasteiger partial charge in [0, 0.05) is 30.7 Å². The second-order valence-corrected chi connectivity index (χ2v) is 8.52. The van der Waals surface area contributed by atoms with Crippen molar-refractivity contribution in [3.8, 4) is 5.75 Å². The van der Waals surface area contributed by atoms with Crippen molar-refractivity contribution in [1.82, 2.24) is 4.90 Å². The summed E-state index contributed by atoms with van der Waals surface area (Å²) in [5.41, 5.74) is 2.93. The molecular formula is C21H32N2O. The number of ether oxygens (including phenoxy) is 1. The molecule has 3 aliphatic rings. The molecule has 2 heterocycles. The highest BCUT2D eigenvalue weighted by atomic mass is 16.5. The zero-order valence-corrected chi connectivity index (χ0v) is 16.0. The predicted octanol–water partition coefficient (Wildman–Crippen LogP) is 3.84. The van der Waals surface area contributed by atoms with E-state index in [1.165, 1.54) is 24.2 Å². The predicted molar refractivity (Wildman–Crippen MR) is 99.9 cm³/mol. The normalized spacial score (nSPS) is 41.6. The van der Waals surface area contributed by atoms with Gasteiger partial charge in [-0.05, 0) is 74.4 Å². The second-order valence-electron chi connectivity index (χ2n) is 8.52. The van der Waals surface area contributed by atoms with Crippen molar-refractivity contribution in [3.63, 3.8) is 0 Å². The molecule has 0 spiro atoms. The standard InChI is InChI=1S/C21H32N2O/c1-12-16-9-10-22(4)14(3)19(16)13(2)20-17-11-15(24-6)7-8-18(17)23(5)21(12)20/h7-8,11-14,16,19-21H,9-10H2,1-6H3. The summed E-state index contributed by atoms with van der Waals surface area (Å²) < 4.78 is 5.53. The van der Waals surface area contributed by atoms with Crippen molar-refractivity contribution in [1.29, 1.82) is 0 Å². The van der Waals surface area contributed by atoms with Gasteiger partial charge in [-0.25, -0.2) is 0 Å². The van der Waals surface area contributed by atoms with Gasteiger partial charge in [-0.15, -0.1) is 0 Å². The first-order valence-electron chi connectivity index (χ1n) is 9.56. The van der Waals surface area contributed by atoms with E-state index in [4.69, 9.17) is 4.74 Å². The van der Waals surface area contributed by atoms with E-state index in [1.54, 1.807) is 7.11 Å². The van der Waals surface area contributed by atoms with Crippen molar-refractivity contribution in [2.24, 2.45) is 23.7 Å². The number of likely N-dealkylation sites (N-methyl/N-ethyl adjacent to an activating group) is 1. The van der Waals surface area contributed by atoms with Gasteiger partial charge in [-0.2, -0.15) is 0 Å². The van der Waals surface area contributed by atoms with Gasteiger partial charge in [0.05, 0.1) is 7.11 Å². The number of benzene rings is 1. The summed E-state index contributed by atoms with van der Waals surface area (Å²) in [5, 5.41) is 0. The number of fused-ring (bicyclic) bond motifs is 4. The Morgan fingerprint density at radius 2 is 1.83 bits per heavy atom. The molecule has 0 radical (unpaired) electrons. The summed E-state index contributed by atoms with van der Waals surface area (Å²) in [5.74, 6) is 4.74. The molecule has 3 nitrogen and oxygen atoms in total. The SMILES string of the molecule is COc1ccc2c(c1)C1C(C)C3C(CCN(C)C3C)C(C)C1N2C. The summed E-state index contributed by atoms with van der Waals surface area (Å²) >= 11 is 0. The number of rotatable bonds is 1. The van der Waals surface area contributed by atoms with Crippen molar-refractivity contribution in [3.05, 3.63) is 23.8 Å². The van der Waals surface area contributed by atoms with Crippen LogP contribution >= 0.6 is 0 Å². The molecule has 7 atom stereocenters. The van der Waals surface area contributed by atoms with Gasteiger partial charge < -0.3 is 14.5 Å². The van der Waals surface area contributed by atoms with E-state index in [1.807, 2.05) is 0 Å². The quantitative estimate of drug-likeness (QED) is 0.779. The fraction of sp³-hybridized carbons (Fsp3) is 0.714. The Morgan fingerprint density at radius 3 is 2.54 bits per heavy atom. The summed E-state index contributed by atoms with van der Waals surface area (Å²) in [6.07, 6.45) is 1.35. The van der Waals surface area contributed by atoms with Gasteiger partial charge in [-0.3, -0.25) is 0 Å². The van der Waals surface area contributed by atoms with Crippen molar-refractivity contribution in [2.45, 2.75) is 45.2 Å². The smallest absolute Gasteiger partial charge is 0.119 e. The lowest BCUT2D eigenvalue weighted by molar-refractivity contribution is -0.0285. The van der Waals surface area contributed by atoms with E-state index < -0.39 is 0 Å². The van der Waals surface area contributed by atoms with Crippen LogP contribution in [0.25, 0.3) is 0 Å². The Morgan fingerprint density at radius 1 is 1.08 bits per heavy atom. The van der Waals surface area contributed by atoms with Crippen LogP contribution in [0.3, 0.4) is 0 Å². The average molecular weight is 328 g/mol. The number of hydrogen-bond donors (Lipinski definition) is 0. The zero-order chi connectivity index (χ0) is 17.2. The third kappa shape index (κ3) is 2.06. The molecule has 1 aromatic rings. The Balaban J connectivity index is 1.79. The molecule has 0 aromatic heterocycles. The first-order chi connectivity index (χ1) is 11.5.